The van der Waals surface area contributed by atoms with Crippen LogP contribution in [-0.4, -0.2) is 116 Å². The Morgan fingerprint density at radius 3 is 2.45 bits per heavy atom. The van der Waals surface area contributed by atoms with Gasteiger partial charge in [-0.3, -0.25) is 29.3 Å². The molecule has 3 fully saturated rings. The van der Waals surface area contributed by atoms with Crippen molar-refractivity contribution in [2.45, 2.75) is 48.7 Å². The maximum atomic E-state index is 13.6. The molecule has 0 aromatic heterocycles. The second-order valence-corrected chi connectivity index (χ2v) is 14.1. The summed E-state index contributed by atoms with van der Waals surface area (Å²) in [5.74, 6) is -2.24. The fraction of sp³-hybridized carbons (Fsp3) is 0.438. The first kappa shape index (κ1) is 33.9. The first-order valence-corrected chi connectivity index (χ1v) is 17.7. The molecule has 16 nitrogen and oxygen atoms in total. The number of piperidine rings is 2. The van der Waals surface area contributed by atoms with Crippen LogP contribution in [0.4, 0.5) is 5.69 Å². The number of sulfonamides is 1. The summed E-state index contributed by atoms with van der Waals surface area (Å²) in [5.41, 5.74) is 0.898. The van der Waals surface area contributed by atoms with Crippen molar-refractivity contribution in [2.75, 3.05) is 44.6 Å². The third-order valence-corrected chi connectivity index (χ3v) is 11.0. The van der Waals surface area contributed by atoms with Crippen LogP contribution in [0.1, 0.15) is 36.0 Å². The minimum Gasteiger partial charge on any atom is -0.480 e. The number of carboxylic acids is 1. The standard InChI is InChI=1S/C32H39N9O7S/c42-26(19-37-28(43)21-5-4-6-22(17-21)38-32-35-15-16-40(32)31-33-13-14-34-31)36-18-25(30(45)46)39-29(44)27-20-9-11-23(12-10-20)41(27)49(47,48)24-7-2-1-3-8-24/h1-8,17,20,23,25,27H,9-16,18-19H2,(H,33,34)(H,35,38)(H,36,42)(H,37,43)(H,39,44)(H,45,46)/t20?,23?,25-,27+/m1/s1. The molecule has 0 spiro atoms. The molecule has 6 N–H and O–H groups in total. The Hall–Kier alpha value is -5.03. The van der Waals surface area contributed by atoms with Crippen LogP contribution in [0.2, 0.25) is 0 Å². The van der Waals surface area contributed by atoms with Crippen molar-refractivity contribution < 1.29 is 32.7 Å². The summed E-state index contributed by atoms with van der Waals surface area (Å²) in [6.45, 7) is 1.80. The van der Waals surface area contributed by atoms with Gasteiger partial charge in [-0.2, -0.15) is 4.31 Å². The number of carboxylic acid groups (broad SMARTS) is 1. The van der Waals surface area contributed by atoms with Gasteiger partial charge in [-0.05, 0) is 61.9 Å². The summed E-state index contributed by atoms with van der Waals surface area (Å²) in [6.07, 6.45) is 2.54. The number of fused-ring (bicyclic) bond motifs is 3. The van der Waals surface area contributed by atoms with E-state index in [0.29, 0.717) is 57.0 Å². The Morgan fingerprint density at radius 1 is 0.959 bits per heavy atom. The molecule has 2 atom stereocenters. The van der Waals surface area contributed by atoms with Crippen molar-refractivity contribution in [3.05, 3.63) is 60.2 Å². The summed E-state index contributed by atoms with van der Waals surface area (Å²) >= 11 is 0. The summed E-state index contributed by atoms with van der Waals surface area (Å²) in [6, 6.07) is 11.6. The van der Waals surface area contributed by atoms with Gasteiger partial charge in [0, 0.05) is 36.9 Å². The van der Waals surface area contributed by atoms with E-state index >= 15 is 0 Å². The van der Waals surface area contributed by atoms with Crippen LogP contribution < -0.4 is 26.6 Å². The molecule has 4 aliphatic heterocycles. The van der Waals surface area contributed by atoms with Gasteiger partial charge in [-0.25, -0.2) is 13.2 Å². The second-order valence-electron chi connectivity index (χ2n) is 12.2. The van der Waals surface area contributed by atoms with E-state index in [1.165, 1.54) is 16.4 Å². The number of carbonyl (C=O) groups excluding carboxylic acids is 3. The van der Waals surface area contributed by atoms with Crippen molar-refractivity contribution in [3.8, 4) is 0 Å². The smallest absolute Gasteiger partial charge is 0.328 e. The molecule has 2 aromatic rings. The van der Waals surface area contributed by atoms with Gasteiger partial charge in [0.25, 0.3) is 5.91 Å². The van der Waals surface area contributed by atoms with E-state index in [2.05, 4.69) is 36.6 Å². The Kier molecular flexibility index (Phi) is 10.1. The molecule has 1 aliphatic carbocycles. The van der Waals surface area contributed by atoms with Crippen molar-refractivity contribution in [3.63, 3.8) is 0 Å². The first-order chi connectivity index (χ1) is 23.6. The van der Waals surface area contributed by atoms with E-state index in [9.17, 15) is 32.7 Å². The number of hydrogen-bond acceptors (Lipinski definition) is 11. The summed E-state index contributed by atoms with van der Waals surface area (Å²) in [5, 5.41) is 23.7. The van der Waals surface area contributed by atoms with Crippen molar-refractivity contribution in [2.24, 2.45) is 15.9 Å². The number of carbonyl (C=O) groups is 4. The van der Waals surface area contributed by atoms with Crippen molar-refractivity contribution in [1.29, 1.82) is 0 Å². The largest absolute Gasteiger partial charge is 0.480 e. The Balaban J connectivity index is 1.02. The number of aliphatic carboxylic acids is 1. The van der Waals surface area contributed by atoms with Gasteiger partial charge in [-0.1, -0.05) is 24.3 Å². The molecule has 4 heterocycles. The van der Waals surface area contributed by atoms with Crippen LogP contribution in [0, 0.1) is 5.92 Å². The predicted octanol–water partition coefficient (Wildman–Crippen LogP) is -0.223. The van der Waals surface area contributed by atoms with E-state index in [1.807, 2.05) is 4.90 Å². The molecule has 5 aliphatic rings. The number of aliphatic imine (C=N–C) groups is 2. The highest BCUT2D eigenvalue weighted by atomic mass is 32.2. The van der Waals surface area contributed by atoms with Gasteiger partial charge in [0.1, 0.15) is 12.1 Å². The number of hydrogen-bond donors (Lipinski definition) is 6. The highest BCUT2D eigenvalue weighted by Crippen LogP contribution is 2.42. The van der Waals surface area contributed by atoms with E-state index in [0.717, 1.165) is 12.5 Å². The highest BCUT2D eigenvalue weighted by molar-refractivity contribution is 7.89. The predicted molar refractivity (Wildman–Crippen MR) is 179 cm³/mol. The van der Waals surface area contributed by atoms with Gasteiger partial charge in [0.05, 0.1) is 24.5 Å². The fourth-order valence-electron chi connectivity index (χ4n) is 6.69. The summed E-state index contributed by atoms with van der Waals surface area (Å²) in [4.78, 5) is 62.0. The lowest BCUT2D eigenvalue weighted by Gasteiger charge is -2.49. The zero-order valence-electron chi connectivity index (χ0n) is 26.7. The molecule has 7 rings (SSSR count). The maximum Gasteiger partial charge on any atom is 0.328 e. The minimum atomic E-state index is -4.03. The number of rotatable bonds is 11. The average molecular weight is 694 g/mol. The molecule has 0 radical (unpaired) electrons. The quantitative estimate of drug-likeness (QED) is 0.182. The maximum absolute atomic E-state index is 13.6. The Bertz CT molecular complexity index is 1760. The number of guanidine groups is 2. The van der Waals surface area contributed by atoms with E-state index in [-0.39, 0.29) is 22.4 Å². The molecular formula is C32H39N9O7S. The van der Waals surface area contributed by atoms with E-state index in [4.69, 9.17) is 0 Å². The van der Waals surface area contributed by atoms with Crippen molar-refractivity contribution >= 4 is 51.3 Å². The second kappa shape index (κ2) is 14.6. The number of nitrogens with zero attached hydrogens (tertiary/aromatic N) is 4. The topological polar surface area (TPSA) is 214 Å². The third kappa shape index (κ3) is 7.51. The summed E-state index contributed by atoms with van der Waals surface area (Å²) in [7, 11) is -4.03. The SMILES string of the molecule is O=C(CNC(=O)c1cccc(NC2=NCCN2C2=NCCN2)c1)NC[C@@H](NC(=O)[C@@H]1C2CCC(CC2)N1S(=O)(=O)c1ccccc1)C(=O)O. The van der Waals surface area contributed by atoms with Crippen LogP contribution in [0.25, 0.3) is 0 Å². The molecule has 49 heavy (non-hydrogen) atoms. The normalized spacial score (nSPS) is 22.4. The van der Waals surface area contributed by atoms with Crippen LogP contribution in [-0.2, 0) is 24.4 Å². The molecule has 3 amide bonds. The Labute approximate surface area is 283 Å². The molecule has 0 unspecified atom stereocenters. The molecule has 2 saturated heterocycles. The molecule has 260 valence electrons. The number of nitrogens with one attached hydrogen (secondary N) is 5. The van der Waals surface area contributed by atoms with E-state index < -0.39 is 58.9 Å². The lowest BCUT2D eigenvalue weighted by atomic mass is 9.76. The van der Waals surface area contributed by atoms with Crippen LogP contribution >= 0.6 is 0 Å². The van der Waals surface area contributed by atoms with Crippen LogP contribution in [0.15, 0.2) is 69.5 Å². The van der Waals surface area contributed by atoms with Gasteiger partial charge >= 0.3 is 5.97 Å². The first-order valence-electron chi connectivity index (χ1n) is 16.3. The number of benzene rings is 2. The zero-order chi connectivity index (χ0) is 34.5. The van der Waals surface area contributed by atoms with Gasteiger partial charge in [-0.15, -0.1) is 0 Å². The van der Waals surface area contributed by atoms with Gasteiger partial charge in [0.2, 0.25) is 33.8 Å². The third-order valence-electron chi connectivity index (χ3n) is 9.07. The van der Waals surface area contributed by atoms with Crippen LogP contribution in [0.5, 0.6) is 0 Å². The molecule has 1 saturated carbocycles. The molecular weight excluding hydrogens is 654 g/mol. The van der Waals surface area contributed by atoms with Crippen molar-refractivity contribution in [1.82, 2.24) is 30.5 Å². The van der Waals surface area contributed by atoms with Gasteiger partial charge in [0.15, 0.2) is 0 Å². The fourth-order valence-corrected chi connectivity index (χ4v) is 8.60. The molecule has 17 heteroatoms. The number of amides is 3. The minimum absolute atomic E-state index is 0.0644. The Morgan fingerprint density at radius 2 is 1.73 bits per heavy atom. The highest BCUT2D eigenvalue weighted by Gasteiger charge is 2.51. The van der Waals surface area contributed by atoms with Crippen LogP contribution in [0.3, 0.4) is 0 Å². The molecule has 2 aromatic carbocycles. The monoisotopic (exact) mass is 693 g/mol. The summed E-state index contributed by atoms with van der Waals surface area (Å²) < 4.78 is 28.5. The lowest BCUT2D eigenvalue weighted by molar-refractivity contribution is -0.143. The number of anilines is 1. The van der Waals surface area contributed by atoms with Gasteiger partial charge < -0.3 is 31.7 Å². The van der Waals surface area contributed by atoms with E-state index in [1.54, 1.807) is 42.5 Å². The molecule has 2 bridgehead atoms. The average Bonchev–Trinajstić information content (AvgIpc) is 3.82. The zero-order valence-corrected chi connectivity index (χ0v) is 27.5. The lowest BCUT2D eigenvalue weighted by Crippen LogP contribution is -2.64.